The molecule has 28 heavy (non-hydrogen) atoms. The lowest BCUT2D eigenvalue weighted by atomic mass is 10.0. The second kappa shape index (κ2) is 13.3. The molecule has 0 saturated heterocycles. The van der Waals surface area contributed by atoms with Gasteiger partial charge in [-0.25, -0.2) is 0 Å². The van der Waals surface area contributed by atoms with Crippen molar-refractivity contribution in [3.8, 4) is 0 Å². The van der Waals surface area contributed by atoms with E-state index in [-0.39, 0.29) is 29.7 Å². The summed E-state index contributed by atoms with van der Waals surface area (Å²) in [5.41, 5.74) is 0. The van der Waals surface area contributed by atoms with Crippen molar-refractivity contribution in [2.45, 2.75) is 91.0 Å². The minimum Gasteiger partial charge on any atom is -0.499 e. The van der Waals surface area contributed by atoms with Gasteiger partial charge in [0.1, 0.15) is 5.76 Å². The number of hydrogen-bond acceptors (Lipinski definition) is 4. The molecule has 0 spiro atoms. The van der Waals surface area contributed by atoms with E-state index in [1.165, 1.54) is 18.1 Å². The van der Waals surface area contributed by atoms with Gasteiger partial charge in [0.05, 0.1) is 13.2 Å². The summed E-state index contributed by atoms with van der Waals surface area (Å²) in [6.07, 6.45) is 10.0. The van der Waals surface area contributed by atoms with Gasteiger partial charge in [0, 0.05) is 25.0 Å². The van der Waals surface area contributed by atoms with Crippen LogP contribution in [0, 0.1) is 5.92 Å². The predicted molar refractivity (Wildman–Crippen MR) is 110 cm³/mol. The zero-order valence-corrected chi connectivity index (χ0v) is 18.1. The molecule has 0 radical (unpaired) electrons. The molecule has 1 heterocycles. The second-order valence-electron chi connectivity index (χ2n) is 7.66. The van der Waals surface area contributed by atoms with Gasteiger partial charge in [-0.05, 0) is 32.1 Å². The highest BCUT2D eigenvalue weighted by atomic mass is 16.5. The van der Waals surface area contributed by atoms with E-state index in [0.717, 1.165) is 51.4 Å². The van der Waals surface area contributed by atoms with Crippen LogP contribution in [-0.2, 0) is 19.1 Å². The Bertz CT molecular complexity index is 545. The molecule has 0 saturated carbocycles. The van der Waals surface area contributed by atoms with E-state index in [9.17, 15) is 14.4 Å². The first-order valence-electron chi connectivity index (χ1n) is 10.9. The Balaban J connectivity index is 2.44. The minimum absolute atomic E-state index is 0.0478. The highest BCUT2D eigenvalue weighted by molar-refractivity contribution is 6.04. The summed E-state index contributed by atoms with van der Waals surface area (Å²) in [6, 6.07) is -0.314. The number of ether oxygens (including phenoxy) is 1. The fourth-order valence-corrected chi connectivity index (χ4v) is 3.47. The van der Waals surface area contributed by atoms with Gasteiger partial charge in [-0.15, -0.1) is 0 Å². The van der Waals surface area contributed by atoms with Crippen molar-refractivity contribution in [3.63, 3.8) is 0 Å². The number of amides is 3. The molecule has 3 amide bonds. The lowest BCUT2D eigenvalue weighted by Gasteiger charge is -2.25. The number of carbonyl (C=O) groups excluding carboxylic acids is 3. The van der Waals surface area contributed by atoms with E-state index in [4.69, 9.17) is 4.74 Å². The fraction of sp³-hybridized carbons (Fsp3) is 0.773. The first-order chi connectivity index (χ1) is 13.5. The van der Waals surface area contributed by atoms with Crippen LogP contribution in [0.4, 0.5) is 0 Å². The van der Waals surface area contributed by atoms with Crippen LogP contribution in [0.5, 0.6) is 0 Å². The Morgan fingerprint density at radius 2 is 1.86 bits per heavy atom. The van der Waals surface area contributed by atoms with Gasteiger partial charge in [0.2, 0.25) is 11.8 Å². The number of unbranched alkanes of at least 4 members (excludes halogenated alkanes) is 4. The van der Waals surface area contributed by atoms with Crippen molar-refractivity contribution in [1.29, 1.82) is 0 Å². The molecule has 0 aromatic carbocycles. The molecule has 0 aromatic rings. The maximum Gasteiger partial charge on any atom is 0.257 e. The van der Waals surface area contributed by atoms with Crippen molar-refractivity contribution < 1.29 is 19.1 Å². The number of methoxy groups -OCH3 is 1. The Kier molecular flexibility index (Phi) is 11.5. The second-order valence-corrected chi connectivity index (χ2v) is 7.66. The lowest BCUT2D eigenvalue weighted by molar-refractivity contribution is -0.143. The van der Waals surface area contributed by atoms with Gasteiger partial charge in [0.15, 0.2) is 0 Å². The van der Waals surface area contributed by atoms with Crippen LogP contribution in [-0.4, -0.2) is 42.3 Å². The van der Waals surface area contributed by atoms with Crippen LogP contribution < -0.4 is 5.32 Å². The number of rotatable bonds is 14. The Morgan fingerprint density at radius 1 is 1.14 bits per heavy atom. The van der Waals surface area contributed by atoms with Crippen molar-refractivity contribution in [2.75, 3.05) is 13.7 Å². The summed E-state index contributed by atoms with van der Waals surface area (Å²) >= 11 is 0. The van der Waals surface area contributed by atoms with E-state index in [1.54, 1.807) is 0 Å². The van der Waals surface area contributed by atoms with Gasteiger partial charge >= 0.3 is 0 Å². The van der Waals surface area contributed by atoms with Crippen LogP contribution in [0.3, 0.4) is 0 Å². The molecule has 0 unspecified atom stereocenters. The van der Waals surface area contributed by atoms with Crippen LogP contribution in [0.15, 0.2) is 11.8 Å². The number of hydrogen-bond donors (Lipinski definition) is 1. The topological polar surface area (TPSA) is 75.7 Å². The molecule has 1 aliphatic heterocycles. The molecule has 160 valence electrons. The number of nitrogens with one attached hydrogen (secondary N) is 1. The quantitative estimate of drug-likeness (QED) is 0.453. The first-order valence-corrected chi connectivity index (χ1v) is 10.9. The Morgan fingerprint density at radius 3 is 2.50 bits per heavy atom. The highest BCUT2D eigenvalue weighted by Crippen LogP contribution is 2.26. The smallest absolute Gasteiger partial charge is 0.257 e. The van der Waals surface area contributed by atoms with Crippen molar-refractivity contribution >= 4 is 17.7 Å². The molecular formula is C22H38N2O4. The molecule has 0 aliphatic carbocycles. The predicted octanol–water partition coefficient (Wildman–Crippen LogP) is 3.95. The first kappa shape index (κ1) is 24.2. The molecular weight excluding hydrogens is 356 g/mol. The molecule has 6 heteroatoms. The molecule has 2 atom stereocenters. The fourth-order valence-electron chi connectivity index (χ4n) is 3.47. The largest absolute Gasteiger partial charge is 0.499 e. The number of nitrogens with zero attached hydrogens (tertiary/aromatic N) is 1. The molecule has 1 N–H and O–H groups in total. The summed E-state index contributed by atoms with van der Waals surface area (Å²) in [6.45, 7) is 6.79. The third-order valence-corrected chi connectivity index (χ3v) is 5.28. The molecule has 1 aliphatic rings. The van der Waals surface area contributed by atoms with Crippen LogP contribution in [0.25, 0.3) is 0 Å². The van der Waals surface area contributed by atoms with Gasteiger partial charge in [-0.3, -0.25) is 19.3 Å². The van der Waals surface area contributed by atoms with Crippen LogP contribution >= 0.6 is 0 Å². The standard InChI is InChI=1S/C22H38N2O4/c1-5-7-9-14-20(25)24-18(19(28-4)16-21(24)26)13-10-11-15-23-22(27)17(3)12-8-6-2/h16-18H,5-15H2,1-4H3,(H,23,27)/t17-,18-/m0/s1. The number of carbonyl (C=O) groups is 3. The summed E-state index contributed by atoms with van der Waals surface area (Å²) in [5, 5.41) is 2.99. The third-order valence-electron chi connectivity index (χ3n) is 5.28. The summed E-state index contributed by atoms with van der Waals surface area (Å²) in [4.78, 5) is 38.2. The normalized spacial score (nSPS) is 17.4. The maximum atomic E-state index is 12.5. The average molecular weight is 395 g/mol. The molecule has 0 bridgehead atoms. The maximum absolute atomic E-state index is 12.5. The summed E-state index contributed by atoms with van der Waals surface area (Å²) in [7, 11) is 1.54. The molecule has 1 rings (SSSR count). The SMILES string of the molecule is CCCCCC(=O)N1C(=O)C=C(OC)[C@@H]1CCCCNC(=O)[C@@H](C)CCCC. The van der Waals surface area contributed by atoms with E-state index >= 15 is 0 Å². The van der Waals surface area contributed by atoms with Crippen LogP contribution in [0.1, 0.15) is 85.0 Å². The van der Waals surface area contributed by atoms with Gasteiger partial charge in [-0.2, -0.15) is 0 Å². The van der Waals surface area contributed by atoms with Crippen molar-refractivity contribution in [1.82, 2.24) is 10.2 Å². The van der Waals surface area contributed by atoms with Crippen LogP contribution in [0.2, 0.25) is 0 Å². The molecule has 6 nitrogen and oxygen atoms in total. The minimum atomic E-state index is -0.314. The Labute approximate surface area is 170 Å². The summed E-state index contributed by atoms with van der Waals surface area (Å²) in [5.74, 6) is 0.318. The zero-order valence-electron chi connectivity index (χ0n) is 18.1. The van der Waals surface area contributed by atoms with E-state index in [1.807, 2.05) is 6.92 Å². The van der Waals surface area contributed by atoms with E-state index in [0.29, 0.717) is 25.1 Å². The van der Waals surface area contributed by atoms with E-state index in [2.05, 4.69) is 19.2 Å². The van der Waals surface area contributed by atoms with Gasteiger partial charge < -0.3 is 10.1 Å². The average Bonchev–Trinajstić information content (AvgIpc) is 3.01. The van der Waals surface area contributed by atoms with Crippen molar-refractivity contribution in [3.05, 3.63) is 11.8 Å². The van der Waals surface area contributed by atoms with E-state index < -0.39 is 0 Å². The number of imide groups is 1. The Hall–Kier alpha value is -1.85. The monoisotopic (exact) mass is 394 g/mol. The highest BCUT2D eigenvalue weighted by Gasteiger charge is 2.37. The third kappa shape index (κ3) is 7.64. The van der Waals surface area contributed by atoms with Gasteiger partial charge in [0.25, 0.3) is 5.91 Å². The lowest BCUT2D eigenvalue weighted by Crippen LogP contribution is -2.40. The zero-order chi connectivity index (χ0) is 20.9. The molecule has 0 aromatic heterocycles. The van der Waals surface area contributed by atoms with Gasteiger partial charge in [-0.1, -0.05) is 46.5 Å². The van der Waals surface area contributed by atoms with Crippen molar-refractivity contribution in [2.24, 2.45) is 5.92 Å². The summed E-state index contributed by atoms with van der Waals surface area (Å²) < 4.78 is 5.34. The molecule has 0 fully saturated rings.